The van der Waals surface area contributed by atoms with E-state index in [2.05, 4.69) is 5.32 Å². The van der Waals surface area contributed by atoms with Crippen LogP contribution in [0, 0.1) is 6.92 Å². The number of nitrogens with zero attached hydrogens (tertiary/aromatic N) is 1. The third-order valence-corrected chi connectivity index (χ3v) is 8.03. The average molecular weight is 557 g/mol. The van der Waals surface area contributed by atoms with Crippen molar-refractivity contribution in [3.63, 3.8) is 0 Å². The Morgan fingerprint density at radius 1 is 0.923 bits per heavy atom. The predicted molar refractivity (Wildman–Crippen MR) is 149 cm³/mol. The van der Waals surface area contributed by atoms with Gasteiger partial charge in [-0.2, -0.15) is 4.31 Å². The van der Waals surface area contributed by atoms with Crippen molar-refractivity contribution in [2.75, 3.05) is 39.8 Å². The summed E-state index contributed by atoms with van der Waals surface area (Å²) in [6.45, 7) is 3.40. The molecule has 0 aliphatic heterocycles. The van der Waals surface area contributed by atoms with Crippen molar-refractivity contribution in [3.05, 3.63) is 89.5 Å². The van der Waals surface area contributed by atoms with E-state index in [1.807, 2.05) is 37.3 Å². The molecule has 3 aromatic rings. The lowest BCUT2D eigenvalue weighted by molar-refractivity contribution is -0.114. The highest BCUT2D eigenvalue weighted by Crippen LogP contribution is 2.38. The number of anilines is 1. The zero-order valence-electron chi connectivity index (χ0n) is 22.9. The maximum atomic E-state index is 14.2. The number of methoxy groups -OCH3 is 3. The molecule has 0 saturated heterocycles. The maximum absolute atomic E-state index is 14.2. The highest BCUT2D eigenvalue weighted by molar-refractivity contribution is 7.89. The molecule has 0 spiro atoms. The number of benzene rings is 3. The number of hydrogen-bond donors (Lipinski definition) is 1. The van der Waals surface area contributed by atoms with Crippen LogP contribution in [0.25, 0.3) is 0 Å². The molecule has 1 atom stereocenters. The Kier molecular flexibility index (Phi) is 11.0. The van der Waals surface area contributed by atoms with Gasteiger partial charge in [-0.1, -0.05) is 60.2 Å². The second-order valence-corrected chi connectivity index (χ2v) is 10.8. The monoisotopic (exact) mass is 556 g/mol. The minimum atomic E-state index is -4.09. The standard InChI is InChI=1S/C29H36N2O7S/c1-21-14-16-24(17-15-21)39(33,34)31(18-28(35-3)36-4)27(20-38-19-23-10-7-6-8-11-23)25-12-9-13-26(29(25)37-5)30-22(2)32/h6-17,27-28H,18-20H2,1-5H3,(H,30,32). The van der Waals surface area contributed by atoms with Gasteiger partial charge in [-0.3, -0.25) is 4.79 Å². The molecule has 210 valence electrons. The lowest BCUT2D eigenvalue weighted by Gasteiger charge is -2.34. The van der Waals surface area contributed by atoms with Gasteiger partial charge in [-0.25, -0.2) is 8.42 Å². The van der Waals surface area contributed by atoms with Gasteiger partial charge in [0.2, 0.25) is 15.9 Å². The fraction of sp³-hybridized carbons (Fsp3) is 0.345. The summed E-state index contributed by atoms with van der Waals surface area (Å²) in [6, 6.07) is 20.5. The van der Waals surface area contributed by atoms with E-state index in [1.54, 1.807) is 42.5 Å². The molecule has 3 aromatic carbocycles. The Bertz CT molecular complexity index is 1310. The van der Waals surface area contributed by atoms with Gasteiger partial charge in [0.15, 0.2) is 6.29 Å². The van der Waals surface area contributed by atoms with Gasteiger partial charge >= 0.3 is 0 Å². The minimum absolute atomic E-state index is 0.0139. The van der Waals surface area contributed by atoms with E-state index in [1.165, 1.54) is 32.6 Å². The molecule has 1 N–H and O–H groups in total. The topological polar surface area (TPSA) is 103 Å². The van der Waals surface area contributed by atoms with Gasteiger partial charge in [0.25, 0.3) is 0 Å². The first-order valence-electron chi connectivity index (χ1n) is 12.4. The normalized spacial score (nSPS) is 12.5. The Morgan fingerprint density at radius 2 is 1.59 bits per heavy atom. The van der Waals surface area contributed by atoms with Gasteiger partial charge < -0.3 is 24.3 Å². The minimum Gasteiger partial charge on any atom is -0.494 e. The Hall–Kier alpha value is -3.28. The van der Waals surface area contributed by atoms with Gasteiger partial charge in [-0.15, -0.1) is 0 Å². The number of rotatable bonds is 14. The number of hydrogen-bond acceptors (Lipinski definition) is 7. The smallest absolute Gasteiger partial charge is 0.243 e. The zero-order valence-corrected chi connectivity index (χ0v) is 23.7. The lowest BCUT2D eigenvalue weighted by atomic mass is 10.0. The van der Waals surface area contributed by atoms with Crippen LogP contribution >= 0.6 is 0 Å². The molecule has 0 fully saturated rings. The van der Waals surface area contributed by atoms with Crippen molar-refractivity contribution in [2.45, 2.75) is 37.7 Å². The number of nitrogens with one attached hydrogen (secondary N) is 1. The molecule has 39 heavy (non-hydrogen) atoms. The van der Waals surface area contributed by atoms with E-state index in [0.717, 1.165) is 11.1 Å². The van der Waals surface area contributed by atoms with E-state index in [4.69, 9.17) is 18.9 Å². The number of para-hydroxylation sites is 1. The fourth-order valence-corrected chi connectivity index (χ4v) is 5.73. The molecule has 0 radical (unpaired) electrons. The first kappa shape index (κ1) is 30.3. The Labute approximate surface area is 230 Å². The molecule has 0 aliphatic carbocycles. The number of carbonyl (C=O) groups is 1. The first-order valence-corrected chi connectivity index (χ1v) is 13.9. The van der Waals surface area contributed by atoms with Crippen LogP contribution in [0.3, 0.4) is 0 Å². The zero-order chi connectivity index (χ0) is 28.4. The van der Waals surface area contributed by atoms with Gasteiger partial charge in [0.1, 0.15) is 5.75 Å². The van der Waals surface area contributed by atoms with Crippen molar-refractivity contribution in [1.29, 1.82) is 0 Å². The molecule has 10 heteroatoms. The number of carbonyl (C=O) groups excluding carboxylic acids is 1. The highest BCUT2D eigenvalue weighted by Gasteiger charge is 2.37. The van der Waals surface area contributed by atoms with E-state index >= 15 is 0 Å². The third-order valence-electron chi connectivity index (χ3n) is 6.14. The van der Waals surface area contributed by atoms with Gasteiger partial charge in [-0.05, 0) is 30.7 Å². The second-order valence-electron chi connectivity index (χ2n) is 8.91. The van der Waals surface area contributed by atoms with Crippen molar-refractivity contribution < 1.29 is 32.2 Å². The molecule has 0 bridgehead atoms. The molecular weight excluding hydrogens is 520 g/mol. The third kappa shape index (κ3) is 7.87. The second kappa shape index (κ2) is 14.2. The van der Waals surface area contributed by atoms with E-state index in [0.29, 0.717) is 17.0 Å². The Morgan fingerprint density at radius 3 is 2.18 bits per heavy atom. The molecular formula is C29H36N2O7S. The SMILES string of the molecule is COc1c(NC(C)=O)cccc1C(COCc1ccccc1)N(CC(OC)OC)S(=O)(=O)c1ccc(C)cc1. The Balaban J connectivity index is 2.15. The summed E-state index contributed by atoms with van der Waals surface area (Å²) in [4.78, 5) is 12.0. The first-order chi connectivity index (χ1) is 18.7. The van der Waals surface area contributed by atoms with Crippen LogP contribution in [0.4, 0.5) is 5.69 Å². The summed E-state index contributed by atoms with van der Waals surface area (Å²) < 4.78 is 52.3. The number of amides is 1. The number of ether oxygens (including phenoxy) is 4. The number of aryl methyl sites for hydroxylation is 1. The van der Waals surface area contributed by atoms with Gasteiger partial charge in [0, 0.05) is 26.7 Å². The number of sulfonamides is 1. The van der Waals surface area contributed by atoms with Crippen molar-refractivity contribution in [3.8, 4) is 5.75 Å². The summed E-state index contributed by atoms with van der Waals surface area (Å²) in [5.41, 5.74) is 2.80. The van der Waals surface area contributed by atoms with Crippen LogP contribution in [0.2, 0.25) is 0 Å². The van der Waals surface area contributed by atoms with E-state index in [-0.39, 0.29) is 30.6 Å². The van der Waals surface area contributed by atoms with Gasteiger partial charge in [0.05, 0.1) is 43.5 Å². The highest BCUT2D eigenvalue weighted by atomic mass is 32.2. The molecule has 3 rings (SSSR count). The molecule has 0 aromatic heterocycles. The fourth-order valence-electron chi connectivity index (χ4n) is 4.15. The van der Waals surface area contributed by atoms with Crippen LogP contribution in [-0.2, 0) is 35.6 Å². The van der Waals surface area contributed by atoms with Crippen molar-refractivity contribution in [1.82, 2.24) is 4.31 Å². The lowest BCUT2D eigenvalue weighted by Crippen LogP contribution is -2.43. The summed E-state index contributed by atoms with van der Waals surface area (Å²) >= 11 is 0. The molecule has 1 unspecified atom stereocenters. The van der Waals surface area contributed by atoms with Crippen LogP contribution in [0.5, 0.6) is 5.75 Å². The van der Waals surface area contributed by atoms with Crippen LogP contribution < -0.4 is 10.1 Å². The quantitative estimate of drug-likeness (QED) is 0.291. The largest absolute Gasteiger partial charge is 0.494 e. The summed E-state index contributed by atoms with van der Waals surface area (Å²) in [5, 5.41) is 2.76. The summed E-state index contributed by atoms with van der Waals surface area (Å²) in [5.74, 6) is 0.0433. The van der Waals surface area contributed by atoms with E-state index < -0.39 is 22.4 Å². The van der Waals surface area contributed by atoms with E-state index in [9.17, 15) is 13.2 Å². The van der Waals surface area contributed by atoms with Crippen molar-refractivity contribution >= 4 is 21.6 Å². The molecule has 0 heterocycles. The summed E-state index contributed by atoms with van der Waals surface area (Å²) in [6.07, 6.45) is -0.855. The molecule has 9 nitrogen and oxygen atoms in total. The molecule has 1 amide bonds. The van der Waals surface area contributed by atoms with Crippen molar-refractivity contribution in [2.24, 2.45) is 0 Å². The summed E-state index contributed by atoms with van der Waals surface area (Å²) in [7, 11) is 0.281. The predicted octanol–water partition coefficient (Wildman–Crippen LogP) is 4.53. The van der Waals surface area contributed by atoms with Crippen LogP contribution in [0.15, 0.2) is 77.7 Å². The van der Waals surface area contributed by atoms with Crippen LogP contribution in [-0.4, -0.2) is 59.4 Å². The van der Waals surface area contributed by atoms with Crippen LogP contribution in [0.1, 0.15) is 29.7 Å². The maximum Gasteiger partial charge on any atom is 0.243 e. The average Bonchev–Trinajstić information content (AvgIpc) is 2.92. The molecule has 0 saturated carbocycles. The molecule has 0 aliphatic rings.